The maximum Gasteiger partial charge on any atom is 0.0176 e. The van der Waals surface area contributed by atoms with Crippen LogP contribution in [0.15, 0.2) is 0 Å². The highest BCUT2D eigenvalue weighted by molar-refractivity contribution is 5.02. The molecule has 2 fully saturated rings. The van der Waals surface area contributed by atoms with Crippen LogP contribution < -0.4 is 11.5 Å². The Bertz CT molecular complexity index is 266. The van der Waals surface area contributed by atoms with Gasteiger partial charge in [-0.25, -0.2) is 0 Å². The zero-order valence-electron chi connectivity index (χ0n) is 11.7. The van der Waals surface area contributed by atoms with E-state index in [9.17, 15) is 0 Å². The first-order valence-electron chi connectivity index (χ1n) is 7.41. The van der Waals surface area contributed by atoms with Crippen LogP contribution in [-0.4, -0.2) is 11.1 Å². The molecule has 2 aliphatic rings. The van der Waals surface area contributed by atoms with Crippen LogP contribution in [0.3, 0.4) is 0 Å². The van der Waals surface area contributed by atoms with Crippen molar-refractivity contribution >= 4 is 0 Å². The Morgan fingerprint density at radius 3 is 1.94 bits per heavy atom. The van der Waals surface area contributed by atoms with Gasteiger partial charge >= 0.3 is 0 Å². The lowest BCUT2D eigenvalue weighted by atomic mass is 9.63. The Morgan fingerprint density at radius 1 is 0.765 bits per heavy atom. The van der Waals surface area contributed by atoms with Crippen molar-refractivity contribution in [3.63, 3.8) is 0 Å². The van der Waals surface area contributed by atoms with Gasteiger partial charge in [0.15, 0.2) is 0 Å². The molecule has 2 heteroatoms. The molecular formula is C15H30N2. The Labute approximate surface area is 107 Å². The Kier molecular flexibility index (Phi) is 3.57. The summed E-state index contributed by atoms with van der Waals surface area (Å²) >= 11 is 0. The molecule has 0 heterocycles. The second-order valence-electron chi connectivity index (χ2n) is 7.66. The van der Waals surface area contributed by atoms with Gasteiger partial charge in [-0.2, -0.15) is 0 Å². The molecule has 0 aliphatic heterocycles. The lowest BCUT2D eigenvalue weighted by Crippen LogP contribution is -2.55. The average Bonchev–Trinajstić information content (AvgIpc) is 2.14. The van der Waals surface area contributed by atoms with Gasteiger partial charge in [-0.15, -0.1) is 0 Å². The topological polar surface area (TPSA) is 52.0 Å². The highest BCUT2D eigenvalue weighted by Crippen LogP contribution is 2.44. The van der Waals surface area contributed by atoms with Gasteiger partial charge in [-0.05, 0) is 43.9 Å². The lowest BCUT2D eigenvalue weighted by Gasteiger charge is -2.47. The molecule has 0 aromatic heterocycles. The molecule has 1 unspecified atom stereocenters. The third kappa shape index (κ3) is 3.45. The summed E-state index contributed by atoms with van der Waals surface area (Å²) in [4.78, 5) is 0. The van der Waals surface area contributed by atoms with Crippen LogP contribution in [0, 0.1) is 5.41 Å². The van der Waals surface area contributed by atoms with E-state index in [1.807, 2.05) is 0 Å². The van der Waals surface area contributed by atoms with Crippen LogP contribution >= 0.6 is 0 Å². The van der Waals surface area contributed by atoms with Crippen molar-refractivity contribution in [2.45, 2.75) is 89.1 Å². The second kappa shape index (κ2) is 4.55. The standard InChI is InChI=1S/C15H30N2/c1-13(2)7-6-10-15(17,11-13)12-14(16)8-4-3-5-9-14/h3-12,16-17H2,1-2H3. The Balaban J connectivity index is 2.00. The van der Waals surface area contributed by atoms with Crippen LogP contribution in [0.25, 0.3) is 0 Å². The molecule has 0 spiro atoms. The minimum absolute atomic E-state index is 0.00778. The normalized spacial score (nSPS) is 36.7. The zero-order valence-corrected chi connectivity index (χ0v) is 11.7. The highest BCUT2D eigenvalue weighted by atomic mass is 14.8. The van der Waals surface area contributed by atoms with Gasteiger partial charge in [0.1, 0.15) is 0 Å². The van der Waals surface area contributed by atoms with E-state index >= 15 is 0 Å². The third-order valence-electron chi connectivity index (χ3n) is 4.91. The maximum absolute atomic E-state index is 6.67. The summed E-state index contributed by atoms with van der Waals surface area (Å²) in [6, 6.07) is 0. The van der Waals surface area contributed by atoms with Crippen molar-refractivity contribution in [1.82, 2.24) is 0 Å². The van der Waals surface area contributed by atoms with Crippen molar-refractivity contribution in [2.24, 2.45) is 16.9 Å². The van der Waals surface area contributed by atoms with Gasteiger partial charge in [0.25, 0.3) is 0 Å². The fourth-order valence-corrected chi connectivity index (χ4v) is 4.33. The molecule has 0 amide bonds. The molecule has 2 nitrogen and oxygen atoms in total. The molecule has 100 valence electrons. The number of rotatable bonds is 2. The molecule has 2 rings (SSSR count). The molecule has 4 N–H and O–H groups in total. The van der Waals surface area contributed by atoms with E-state index in [1.165, 1.54) is 51.4 Å². The van der Waals surface area contributed by atoms with Crippen molar-refractivity contribution in [1.29, 1.82) is 0 Å². The van der Waals surface area contributed by atoms with Crippen molar-refractivity contribution in [2.75, 3.05) is 0 Å². The average molecular weight is 238 g/mol. The smallest absolute Gasteiger partial charge is 0.0176 e. The van der Waals surface area contributed by atoms with Crippen molar-refractivity contribution in [3.8, 4) is 0 Å². The van der Waals surface area contributed by atoms with Gasteiger partial charge < -0.3 is 11.5 Å². The molecule has 0 aromatic rings. The monoisotopic (exact) mass is 238 g/mol. The van der Waals surface area contributed by atoms with E-state index in [2.05, 4.69) is 13.8 Å². The molecular weight excluding hydrogens is 208 g/mol. The van der Waals surface area contributed by atoms with E-state index < -0.39 is 0 Å². The summed E-state index contributed by atoms with van der Waals surface area (Å²) in [5.41, 5.74) is 13.7. The summed E-state index contributed by atoms with van der Waals surface area (Å²) in [6.07, 6.45) is 12.3. The van der Waals surface area contributed by atoms with Gasteiger partial charge in [0.2, 0.25) is 0 Å². The van der Waals surface area contributed by atoms with E-state index in [-0.39, 0.29) is 11.1 Å². The summed E-state index contributed by atoms with van der Waals surface area (Å²) in [6.45, 7) is 4.72. The molecule has 0 aromatic carbocycles. The highest BCUT2D eigenvalue weighted by Gasteiger charge is 2.42. The summed E-state index contributed by atoms with van der Waals surface area (Å²) < 4.78 is 0. The molecule has 2 saturated carbocycles. The first kappa shape index (κ1) is 13.4. The van der Waals surface area contributed by atoms with Crippen LogP contribution in [0.4, 0.5) is 0 Å². The van der Waals surface area contributed by atoms with E-state index in [1.54, 1.807) is 0 Å². The fourth-order valence-electron chi connectivity index (χ4n) is 4.33. The molecule has 1 atom stereocenters. The van der Waals surface area contributed by atoms with Gasteiger partial charge in [0.05, 0.1) is 0 Å². The van der Waals surface area contributed by atoms with Gasteiger partial charge in [-0.3, -0.25) is 0 Å². The molecule has 0 saturated heterocycles. The minimum Gasteiger partial charge on any atom is -0.325 e. The van der Waals surface area contributed by atoms with E-state index in [0.29, 0.717) is 5.41 Å². The van der Waals surface area contributed by atoms with Crippen LogP contribution in [0.2, 0.25) is 0 Å². The number of hydrogen-bond donors (Lipinski definition) is 2. The Morgan fingerprint density at radius 2 is 1.35 bits per heavy atom. The predicted molar refractivity (Wildman–Crippen MR) is 73.8 cm³/mol. The third-order valence-corrected chi connectivity index (χ3v) is 4.91. The SMILES string of the molecule is CC1(C)CCCC(N)(CC2(N)CCCCC2)C1. The quantitative estimate of drug-likeness (QED) is 0.775. The van der Waals surface area contributed by atoms with Gasteiger partial charge in [0, 0.05) is 11.1 Å². The minimum atomic E-state index is 0.00778. The maximum atomic E-state index is 6.67. The van der Waals surface area contributed by atoms with E-state index in [0.717, 1.165) is 12.8 Å². The summed E-state index contributed by atoms with van der Waals surface area (Å²) in [5.74, 6) is 0. The number of hydrogen-bond acceptors (Lipinski definition) is 2. The summed E-state index contributed by atoms with van der Waals surface area (Å²) in [5, 5.41) is 0. The number of nitrogens with two attached hydrogens (primary N) is 2. The summed E-state index contributed by atoms with van der Waals surface area (Å²) in [7, 11) is 0. The predicted octanol–water partition coefficient (Wildman–Crippen LogP) is 3.34. The molecule has 0 radical (unpaired) electrons. The van der Waals surface area contributed by atoms with Gasteiger partial charge in [-0.1, -0.05) is 39.5 Å². The zero-order chi connectivity index (χ0) is 12.6. The first-order chi connectivity index (χ1) is 7.83. The first-order valence-corrected chi connectivity index (χ1v) is 7.41. The molecule has 2 aliphatic carbocycles. The van der Waals surface area contributed by atoms with Crippen molar-refractivity contribution in [3.05, 3.63) is 0 Å². The largest absolute Gasteiger partial charge is 0.325 e. The van der Waals surface area contributed by atoms with Crippen molar-refractivity contribution < 1.29 is 0 Å². The fraction of sp³-hybridized carbons (Fsp3) is 1.00. The molecule has 0 bridgehead atoms. The van der Waals surface area contributed by atoms with Crippen LogP contribution in [-0.2, 0) is 0 Å². The van der Waals surface area contributed by atoms with Crippen LogP contribution in [0.5, 0.6) is 0 Å². The van der Waals surface area contributed by atoms with E-state index in [4.69, 9.17) is 11.5 Å². The van der Waals surface area contributed by atoms with Crippen LogP contribution in [0.1, 0.15) is 78.1 Å². The second-order valence-corrected chi connectivity index (χ2v) is 7.66. The lowest BCUT2D eigenvalue weighted by molar-refractivity contribution is 0.108. The Hall–Kier alpha value is -0.0800. The molecule has 17 heavy (non-hydrogen) atoms.